The molecule has 36 heavy (non-hydrogen) atoms. The number of piperazine rings is 1. The van der Waals surface area contributed by atoms with Gasteiger partial charge in [0.05, 0.1) is 17.1 Å². The van der Waals surface area contributed by atoms with Crippen LogP contribution in [-0.2, 0) is 6.54 Å². The minimum absolute atomic E-state index is 0.0278. The van der Waals surface area contributed by atoms with Crippen LogP contribution in [0.1, 0.15) is 29.8 Å². The number of fused-ring (bicyclic) bond motifs is 2. The summed E-state index contributed by atoms with van der Waals surface area (Å²) in [5.41, 5.74) is 6.56. The molecule has 0 aliphatic carbocycles. The predicted molar refractivity (Wildman–Crippen MR) is 140 cm³/mol. The third-order valence-electron chi connectivity index (χ3n) is 7.25. The van der Waals surface area contributed by atoms with Crippen LogP contribution in [0.15, 0.2) is 60.9 Å². The van der Waals surface area contributed by atoms with E-state index in [9.17, 15) is 4.79 Å². The van der Waals surface area contributed by atoms with Gasteiger partial charge in [-0.3, -0.25) is 14.1 Å². The average Bonchev–Trinajstić information content (AvgIpc) is 3.52. The lowest BCUT2D eigenvalue weighted by Crippen LogP contribution is -2.49. The van der Waals surface area contributed by atoms with Crippen molar-refractivity contribution in [2.24, 2.45) is 0 Å². The highest BCUT2D eigenvalue weighted by atomic mass is 19.1. The normalized spacial score (nSPS) is 16.0. The number of halogens is 1. The van der Waals surface area contributed by atoms with Gasteiger partial charge >= 0.3 is 0 Å². The van der Waals surface area contributed by atoms with Gasteiger partial charge in [0.15, 0.2) is 5.65 Å². The molecule has 0 bridgehead atoms. The summed E-state index contributed by atoms with van der Waals surface area (Å²) in [6, 6.07) is 15.7. The van der Waals surface area contributed by atoms with Gasteiger partial charge in [0.1, 0.15) is 5.82 Å². The first-order valence-electron chi connectivity index (χ1n) is 12.4. The van der Waals surface area contributed by atoms with Crippen molar-refractivity contribution in [2.45, 2.75) is 26.4 Å². The molecular formula is C28H29FN6O. The third kappa shape index (κ3) is 3.97. The van der Waals surface area contributed by atoms with Crippen LogP contribution in [0.3, 0.4) is 0 Å². The zero-order chi connectivity index (χ0) is 24.8. The molecule has 0 atom stereocenters. The highest BCUT2D eigenvalue weighted by molar-refractivity contribution is 5.99. The molecular weight excluding hydrogens is 455 g/mol. The van der Waals surface area contributed by atoms with Gasteiger partial charge < -0.3 is 15.5 Å². The molecule has 1 fully saturated rings. The molecule has 2 aromatic heterocycles. The number of anilines is 3. The van der Waals surface area contributed by atoms with Crippen molar-refractivity contribution >= 4 is 28.6 Å². The van der Waals surface area contributed by atoms with E-state index < -0.39 is 0 Å². The fourth-order valence-electron chi connectivity index (χ4n) is 5.21. The molecule has 2 aliphatic heterocycles. The quantitative estimate of drug-likeness (QED) is 0.432. The molecule has 4 aromatic rings. The van der Waals surface area contributed by atoms with E-state index >= 15 is 4.39 Å². The van der Waals surface area contributed by atoms with Crippen LogP contribution in [-0.4, -0.2) is 52.4 Å². The smallest absolute Gasteiger partial charge is 0.251 e. The van der Waals surface area contributed by atoms with Crippen LogP contribution in [0.2, 0.25) is 0 Å². The Hall–Kier alpha value is -3.91. The summed E-state index contributed by atoms with van der Waals surface area (Å²) in [6.07, 6.45) is 3.66. The highest BCUT2D eigenvalue weighted by Crippen LogP contribution is 2.31. The Labute approximate surface area is 209 Å². The van der Waals surface area contributed by atoms with Crippen molar-refractivity contribution in [1.82, 2.24) is 19.6 Å². The maximum absolute atomic E-state index is 15.1. The maximum Gasteiger partial charge on any atom is 0.251 e. The predicted octanol–water partition coefficient (Wildman–Crippen LogP) is 4.66. The summed E-state index contributed by atoms with van der Waals surface area (Å²) in [5.74, 6) is -0.254. The van der Waals surface area contributed by atoms with Crippen molar-refractivity contribution < 1.29 is 9.18 Å². The van der Waals surface area contributed by atoms with E-state index in [4.69, 9.17) is 0 Å². The summed E-state index contributed by atoms with van der Waals surface area (Å²) in [5, 5.41) is 6.21. The van der Waals surface area contributed by atoms with Crippen LogP contribution in [0.25, 0.3) is 16.9 Å². The Morgan fingerprint density at radius 3 is 2.64 bits per heavy atom. The summed E-state index contributed by atoms with van der Waals surface area (Å²) in [6.45, 7) is 8.48. The van der Waals surface area contributed by atoms with Gasteiger partial charge in [-0.25, -0.2) is 9.37 Å². The number of hydrogen-bond donors (Lipinski definition) is 2. The van der Waals surface area contributed by atoms with Gasteiger partial charge in [-0.1, -0.05) is 6.07 Å². The maximum atomic E-state index is 15.1. The third-order valence-corrected chi connectivity index (χ3v) is 7.25. The van der Waals surface area contributed by atoms with E-state index in [1.54, 1.807) is 12.3 Å². The molecule has 1 amide bonds. The van der Waals surface area contributed by atoms with E-state index in [-0.39, 0.29) is 11.7 Å². The van der Waals surface area contributed by atoms with E-state index in [0.717, 1.165) is 59.9 Å². The van der Waals surface area contributed by atoms with E-state index in [1.807, 2.05) is 53.1 Å². The van der Waals surface area contributed by atoms with E-state index in [0.29, 0.717) is 24.0 Å². The molecule has 6 rings (SSSR count). The molecule has 2 aliphatic rings. The number of nitrogens with zero attached hydrogens (tertiary/aromatic N) is 4. The molecule has 184 valence electrons. The molecule has 0 unspecified atom stereocenters. The van der Waals surface area contributed by atoms with Crippen molar-refractivity contribution in [2.75, 3.05) is 36.4 Å². The zero-order valence-corrected chi connectivity index (χ0v) is 20.5. The number of rotatable bonds is 5. The van der Waals surface area contributed by atoms with Gasteiger partial charge in [0.2, 0.25) is 0 Å². The van der Waals surface area contributed by atoms with Gasteiger partial charge in [-0.2, -0.15) is 0 Å². The summed E-state index contributed by atoms with van der Waals surface area (Å²) in [7, 11) is 0. The zero-order valence-electron chi connectivity index (χ0n) is 20.5. The topological polar surface area (TPSA) is 64.9 Å². The summed E-state index contributed by atoms with van der Waals surface area (Å²) < 4.78 is 17.1. The second-order valence-corrected chi connectivity index (χ2v) is 9.72. The second-order valence-electron chi connectivity index (χ2n) is 9.72. The fraction of sp³-hybridized carbons (Fsp3) is 0.286. The molecule has 0 radical (unpaired) electrons. The molecule has 1 saturated heterocycles. The first-order chi connectivity index (χ1) is 17.5. The van der Waals surface area contributed by atoms with E-state index in [2.05, 4.69) is 39.3 Å². The standard InChI is InChI=1S/C28H29FN6O/c1-18(2)33-11-13-34(14-12-33)26-7-4-21(16-23(26)29)32-24-6-8-25(35-10-9-30-27(24)35)19-3-5-22-20(15-19)17-31-28(22)36/h3-10,15-16,18,32H,11-14,17H2,1-2H3,(H,31,36). The molecule has 0 saturated carbocycles. The van der Waals surface area contributed by atoms with Gasteiger partial charge in [0.25, 0.3) is 5.91 Å². The Balaban J connectivity index is 1.24. The number of carbonyl (C=O) groups excluding carboxylic acids is 1. The number of imidazole rings is 1. The molecule has 0 spiro atoms. The van der Waals surface area contributed by atoms with Crippen LogP contribution >= 0.6 is 0 Å². The van der Waals surface area contributed by atoms with E-state index in [1.165, 1.54) is 0 Å². The Bertz CT molecular complexity index is 1450. The lowest BCUT2D eigenvalue weighted by molar-refractivity contribution is 0.0965. The number of carbonyl (C=O) groups is 1. The Morgan fingerprint density at radius 1 is 1.03 bits per heavy atom. The number of pyridine rings is 1. The Morgan fingerprint density at radius 2 is 1.86 bits per heavy atom. The first kappa shape index (κ1) is 22.5. The minimum Gasteiger partial charge on any atom is -0.367 e. The summed E-state index contributed by atoms with van der Waals surface area (Å²) >= 11 is 0. The molecule has 7 nitrogen and oxygen atoms in total. The number of nitrogens with one attached hydrogen (secondary N) is 2. The van der Waals surface area contributed by atoms with Gasteiger partial charge in [-0.05, 0) is 67.4 Å². The molecule has 8 heteroatoms. The first-order valence-corrected chi connectivity index (χ1v) is 12.4. The number of benzene rings is 2. The van der Waals surface area contributed by atoms with Gasteiger partial charge in [0, 0.05) is 62.4 Å². The monoisotopic (exact) mass is 484 g/mol. The second kappa shape index (κ2) is 8.95. The van der Waals surface area contributed by atoms with Gasteiger partial charge in [-0.15, -0.1) is 0 Å². The molecule has 4 heterocycles. The van der Waals surface area contributed by atoms with Crippen LogP contribution in [0.5, 0.6) is 0 Å². The molecule has 2 aromatic carbocycles. The van der Waals surface area contributed by atoms with Crippen LogP contribution < -0.4 is 15.5 Å². The van der Waals surface area contributed by atoms with Crippen molar-refractivity contribution in [3.05, 3.63) is 77.9 Å². The number of amides is 1. The lowest BCUT2D eigenvalue weighted by atomic mass is 10.0. The van der Waals surface area contributed by atoms with Crippen molar-refractivity contribution in [3.8, 4) is 11.3 Å². The fourth-order valence-corrected chi connectivity index (χ4v) is 5.21. The van der Waals surface area contributed by atoms with Crippen LogP contribution in [0, 0.1) is 5.82 Å². The van der Waals surface area contributed by atoms with Crippen molar-refractivity contribution in [1.29, 1.82) is 0 Å². The van der Waals surface area contributed by atoms with Crippen molar-refractivity contribution in [3.63, 3.8) is 0 Å². The minimum atomic E-state index is -0.227. The Kier molecular flexibility index (Phi) is 5.60. The highest BCUT2D eigenvalue weighted by Gasteiger charge is 2.22. The summed E-state index contributed by atoms with van der Waals surface area (Å²) in [4.78, 5) is 21.0. The number of hydrogen-bond acceptors (Lipinski definition) is 5. The number of aromatic nitrogens is 2. The lowest BCUT2D eigenvalue weighted by Gasteiger charge is -2.38. The molecule has 2 N–H and O–H groups in total. The largest absolute Gasteiger partial charge is 0.367 e. The average molecular weight is 485 g/mol. The van der Waals surface area contributed by atoms with Crippen LogP contribution in [0.4, 0.5) is 21.5 Å². The SMILES string of the molecule is CC(C)N1CCN(c2ccc(Nc3ccc(-c4ccc5c(c4)CNC5=O)n4ccnc34)cc2F)CC1.